The Labute approximate surface area is 136 Å². The van der Waals surface area contributed by atoms with Gasteiger partial charge in [0.2, 0.25) is 0 Å². The van der Waals surface area contributed by atoms with E-state index in [9.17, 15) is 0 Å². The molecular weight excluding hydrogens is 298 g/mol. The average Bonchev–Trinajstić information content (AvgIpc) is 2.93. The quantitative estimate of drug-likeness (QED) is 0.475. The highest BCUT2D eigenvalue weighted by atomic mass is 28.3. The second-order valence-corrected chi connectivity index (χ2v) is 12.0. The lowest BCUT2D eigenvalue weighted by Gasteiger charge is -2.18. The number of hydrogen-bond donors (Lipinski definition) is 0. The first kappa shape index (κ1) is 14.2. The minimum Gasteiger partial charge on any atom is -0.454 e. The number of pyridine rings is 1. The van der Waals surface area contributed by atoms with Gasteiger partial charge in [0.25, 0.3) is 0 Å². The maximum Gasteiger partial charge on any atom is 0.161 e. The topological polar surface area (TPSA) is 26.0 Å². The Morgan fingerprint density at radius 1 is 0.870 bits per heavy atom. The third-order valence-electron chi connectivity index (χ3n) is 4.26. The van der Waals surface area contributed by atoms with Crippen molar-refractivity contribution in [1.29, 1.82) is 0 Å². The summed E-state index contributed by atoms with van der Waals surface area (Å²) >= 11 is 0. The van der Waals surface area contributed by atoms with Gasteiger partial charge in [-0.3, -0.25) is 4.98 Å². The summed E-state index contributed by atoms with van der Waals surface area (Å²) in [4.78, 5) is 4.78. The van der Waals surface area contributed by atoms with Crippen LogP contribution in [0.5, 0.6) is 0 Å². The van der Waals surface area contributed by atoms with Crippen LogP contribution in [0.2, 0.25) is 19.6 Å². The van der Waals surface area contributed by atoms with Crippen molar-refractivity contribution in [2.75, 3.05) is 0 Å². The van der Waals surface area contributed by atoms with Gasteiger partial charge in [0.05, 0.1) is 8.07 Å². The predicted octanol–water partition coefficient (Wildman–Crippen LogP) is 5.19. The van der Waals surface area contributed by atoms with Crippen molar-refractivity contribution < 1.29 is 4.42 Å². The van der Waals surface area contributed by atoms with E-state index in [2.05, 4.69) is 50.1 Å². The van der Waals surface area contributed by atoms with Gasteiger partial charge in [-0.2, -0.15) is 0 Å². The van der Waals surface area contributed by atoms with Gasteiger partial charge < -0.3 is 4.42 Å². The van der Waals surface area contributed by atoms with Gasteiger partial charge in [-0.15, -0.1) is 0 Å². The molecule has 2 heterocycles. The van der Waals surface area contributed by atoms with Gasteiger partial charge >= 0.3 is 0 Å². The van der Waals surface area contributed by atoms with Crippen LogP contribution in [0.15, 0.2) is 65.2 Å². The summed E-state index contributed by atoms with van der Waals surface area (Å²) in [5, 5.41) is 3.80. The molecule has 0 amide bonds. The first-order chi connectivity index (χ1) is 11.1. The predicted molar refractivity (Wildman–Crippen MR) is 99.9 cm³/mol. The third kappa shape index (κ3) is 2.28. The first-order valence-corrected chi connectivity index (χ1v) is 11.4. The molecule has 0 spiro atoms. The molecule has 0 N–H and O–H groups in total. The summed E-state index contributed by atoms with van der Waals surface area (Å²) in [7, 11) is -1.53. The smallest absolute Gasteiger partial charge is 0.161 e. The summed E-state index contributed by atoms with van der Waals surface area (Å²) in [5.41, 5.74) is 3.88. The van der Waals surface area contributed by atoms with Gasteiger partial charge in [0, 0.05) is 22.5 Å². The highest BCUT2D eigenvalue weighted by Crippen LogP contribution is 2.34. The van der Waals surface area contributed by atoms with Crippen LogP contribution in [-0.4, -0.2) is 13.1 Å². The van der Waals surface area contributed by atoms with Crippen molar-refractivity contribution >= 4 is 35.2 Å². The lowest BCUT2D eigenvalue weighted by molar-refractivity contribution is 0.668. The van der Waals surface area contributed by atoms with Crippen molar-refractivity contribution in [2.45, 2.75) is 19.6 Å². The van der Waals surface area contributed by atoms with E-state index in [1.54, 1.807) is 0 Å². The first-order valence-electron chi connectivity index (χ1n) is 7.92. The molecular formula is C20H19NOSi. The fourth-order valence-electron chi connectivity index (χ4n) is 3.10. The van der Waals surface area contributed by atoms with Crippen molar-refractivity contribution in [3.63, 3.8) is 0 Å². The molecule has 114 valence electrons. The van der Waals surface area contributed by atoms with Gasteiger partial charge in [0.1, 0.15) is 11.3 Å². The van der Waals surface area contributed by atoms with Crippen molar-refractivity contribution in [3.8, 4) is 11.3 Å². The van der Waals surface area contributed by atoms with Crippen LogP contribution in [-0.2, 0) is 0 Å². The molecule has 0 aliphatic rings. The fourth-order valence-corrected chi connectivity index (χ4v) is 4.55. The van der Waals surface area contributed by atoms with Crippen LogP contribution in [0.1, 0.15) is 0 Å². The Bertz CT molecular complexity index is 997. The van der Waals surface area contributed by atoms with Crippen LogP contribution in [0.25, 0.3) is 33.2 Å². The Balaban J connectivity index is 2.16. The highest BCUT2D eigenvalue weighted by Gasteiger charge is 2.25. The molecule has 23 heavy (non-hydrogen) atoms. The van der Waals surface area contributed by atoms with Crippen LogP contribution >= 0.6 is 0 Å². The van der Waals surface area contributed by atoms with E-state index in [4.69, 9.17) is 9.40 Å². The molecule has 3 heteroatoms. The number of rotatable bonds is 2. The van der Waals surface area contributed by atoms with E-state index in [0.717, 1.165) is 22.4 Å². The molecule has 0 radical (unpaired) electrons. The highest BCUT2D eigenvalue weighted by molar-refractivity contribution is 6.90. The Hall–Kier alpha value is -2.39. The van der Waals surface area contributed by atoms with Crippen LogP contribution in [0.4, 0.5) is 0 Å². The Morgan fingerprint density at radius 2 is 1.57 bits per heavy atom. The minimum absolute atomic E-state index is 0.914. The normalized spacial score (nSPS) is 12.1. The monoisotopic (exact) mass is 317 g/mol. The number of fused-ring (bicyclic) bond motifs is 3. The van der Waals surface area contributed by atoms with E-state index < -0.39 is 8.07 Å². The summed E-state index contributed by atoms with van der Waals surface area (Å²) in [6, 6.07) is 18.6. The average molecular weight is 317 g/mol. The lowest BCUT2D eigenvalue weighted by Crippen LogP contribution is -2.38. The number of para-hydroxylation sites is 1. The van der Waals surface area contributed by atoms with E-state index in [-0.39, 0.29) is 0 Å². The molecule has 0 saturated carbocycles. The SMILES string of the molecule is C[Si](C)(C)c1cnc(-c2ccccc2)c2oc3ccccc3c12. The molecule has 4 aromatic rings. The van der Waals surface area contributed by atoms with Crippen molar-refractivity contribution in [2.24, 2.45) is 0 Å². The van der Waals surface area contributed by atoms with E-state index in [1.165, 1.54) is 16.0 Å². The number of furan rings is 1. The third-order valence-corrected chi connectivity index (χ3v) is 6.25. The van der Waals surface area contributed by atoms with Crippen LogP contribution in [0, 0.1) is 0 Å². The van der Waals surface area contributed by atoms with Gasteiger partial charge in [-0.25, -0.2) is 0 Å². The van der Waals surface area contributed by atoms with Crippen molar-refractivity contribution in [3.05, 3.63) is 60.8 Å². The maximum absolute atomic E-state index is 6.23. The molecule has 2 aromatic carbocycles. The Kier molecular flexibility index (Phi) is 3.13. The number of aromatic nitrogens is 1. The van der Waals surface area contributed by atoms with Crippen LogP contribution in [0.3, 0.4) is 0 Å². The summed E-state index contributed by atoms with van der Waals surface area (Å²) in [6.45, 7) is 7.06. The van der Waals surface area contributed by atoms with Crippen LogP contribution < -0.4 is 5.19 Å². The maximum atomic E-state index is 6.23. The Morgan fingerprint density at radius 3 is 2.30 bits per heavy atom. The molecule has 0 fully saturated rings. The number of nitrogens with zero attached hydrogens (tertiary/aromatic N) is 1. The summed E-state index contributed by atoms with van der Waals surface area (Å²) in [6.07, 6.45) is 2.07. The molecule has 0 bridgehead atoms. The molecule has 0 aliphatic heterocycles. The van der Waals surface area contributed by atoms with Gasteiger partial charge in [-0.05, 0) is 11.3 Å². The van der Waals surface area contributed by atoms with E-state index >= 15 is 0 Å². The zero-order valence-electron chi connectivity index (χ0n) is 13.6. The van der Waals surface area contributed by atoms with E-state index in [1.807, 2.05) is 30.3 Å². The van der Waals surface area contributed by atoms with E-state index in [0.29, 0.717) is 0 Å². The second kappa shape index (κ2) is 5.07. The number of benzene rings is 2. The largest absolute Gasteiger partial charge is 0.454 e. The molecule has 2 aromatic heterocycles. The molecule has 4 rings (SSSR count). The van der Waals surface area contributed by atoms with Gasteiger partial charge in [0.15, 0.2) is 5.58 Å². The standard InChI is InChI=1S/C20H19NOSi/c1-23(2,3)17-13-21-19(14-9-5-4-6-10-14)20-18(17)15-11-7-8-12-16(15)22-20/h4-13H,1-3H3. The second-order valence-electron chi connectivity index (χ2n) is 6.94. The fraction of sp³-hybridized carbons (Fsp3) is 0.150. The zero-order chi connectivity index (χ0) is 16.0. The molecule has 0 unspecified atom stereocenters. The molecule has 2 nitrogen and oxygen atoms in total. The summed E-state index contributed by atoms with van der Waals surface area (Å²) < 4.78 is 6.23. The molecule has 0 aliphatic carbocycles. The number of hydrogen-bond acceptors (Lipinski definition) is 2. The zero-order valence-corrected chi connectivity index (χ0v) is 14.6. The lowest BCUT2D eigenvalue weighted by atomic mass is 10.1. The summed E-state index contributed by atoms with van der Waals surface area (Å²) in [5.74, 6) is 0. The van der Waals surface area contributed by atoms with Crippen molar-refractivity contribution in [1.82, 2.24) is 4.98 Å². The molecule has 0 saturated heterocycles. The molecule has 0 atom stereocenters. The van der Waals surface area contributed by atoms with Gasteiger partial charge in [-0.1, -0.05) is 68.2 Å². The minimum atomic E-state index is -1.53.